The first kappa shape index (κ1) is 16.2. The van der Waals surface area contributed by atoms with E-state index in [-0.39, 0.29) is 12.0 Å². The second-order valence-corrected chi connectivity index (χ2v) is 6.04. The van der Waals surface area contributed by atoms with Gasteiger partial charge in [-0.05, 0) is 37.5 Å². The van der Waals surface area contributed by atoms with E-state index in [4.69, 9.17) is 14.2 Å². The van der Waals surface area contributed by atoms with Crippen LogP contribution < -0.4 is 9.47 Å². The van der Waals surface area contributed by atoms with E-state index in [1.807, 2.05) is 62.4 Å². The molecule has 0 bridgehead atoms. The predicted molar refractivity (Wildman–Crippen MR) is 92.0 cm³/mol. The number of aliphatic hydroxyl groups is 1. The van der Waals surface area contributed by atoms with E-state index < -0.39 is 0 Å². The van der Waals surface area contributed by atoms with Gasteiger partial charge in [0.1, 0.15) is 18.1 Å². The molecule has 4 nitrogen and oxygen atoms in total. The van der Waals surface area contributed by atoms with Crippen molar-refractivity contribution in [1.29, 1.82) is 0 Å². The molecule has 1 heterocycles. The molecule has 0 fully saturated rings. The molecule has 126 valence electrons. The maximum Gasteiger partial charge on any atom is 0.317 e. The number of hydrogen-bond acceptors (Lipinski definition) is 4. The molecule has 1 N–H and O–H groups in total. The smallest absolute Gasteiger partial charge is 0.317 e. The Bertz CT molecular complexity index is 720. The topological polar surface area (TPSA) is 47.9 Å². The van der Waals surface area contributed by atoms with E-state index in [0.717, 1.165) is 23.3 Å². The number of rotatable bonds is 5. The van der Waals surface area contributed by atoms with Gasteiger partial charge in [-0.15, -0.1) is 0 Å². The van der Waals surface area contributed by atoms with E-state index in [1.54, 1.807) is 0 Å². The number of ether oxygens (including phenoxy) is 3. The molecule has 0 unspecified atom stereocenters. The number of aryl methyl sites for hydroxylation is 1. The highest BCUT2D eigenvalue weighted by molar-refractivity contribution is 5.43. The third-order valence-electron chi connectivity index (χ3n) is 3.73. The zero-order valence-corrected chi connectivity index (χ0v) is 14.0. The van der Waals surface area contributed by atoms with Gasteiger partial charge in [-0.1, -0.05) is 36.4 Å². The van der Waals surface area contributed by atoms with Crippen molar-refractivity contribution < 1.29 is 19.3 Å². The Balaban J connectivity index is 1.71. The minimum Gasteiger partial charge on any atom is -0.489 e. The molecule has 0 saturated heterocycles. The first-order valence-electron chi connectivity index (χ1n) is 8.18. The highest BCUT2D eigenvalue weighted by Crippen LogP contribution is 2.34. The summed E-state index contributed by atoms with van der Waals surface area (Å²) in [4.78, 5) is 0. The fourth-order valence-corrected chi connectivity index (χ4v) is 2.54. The zero-order chi connectivity index (χ0) is 16.9. The predicted octanol–water partition coefficient (Wildman–Crippen LogP) is 4.74. The normalized spacial score (nSPS) is 15.5. The molecule has 0 atom stereocenters. The molecule has 1 aliphatic rings. The molecule has 24 heavy (non-hydrogen) atoms. The summed E-state index contributed by atoms with van der Waals surface area (Å²) in [5.74, 6) is 1.78. The summed E-state index contributed by atoms with van der Waals surface area (Å²) in [5, 5.41) is 9.99. The number of benzene rings is 2. The van der Waals surface area contributed by atoms with Gasteiger partial charge < -0.3 is 19.3 Å². The van der Waals surface area contributed by atoms with Gasteiger partial charge in [0.15, 0.2) is 5.76 Å². The largest absolute Gasteiger partial charge is 0.489 e. The summed E-state index contributed by atoms with van der Waals surface area (Å²) in [7, 11) is 0. The van der Waals surface area contributed by atoms with E-state index in [1.165, 1.54) is 0 Å². The van der Waals surface area contributed by atoms with Crippen LogP contribution in [0.25, 0.3) is 0 Å². The Morgan fingerprint density at radius 1 is 1.12 bits per heavy atom. The monoisotopic (exact) mass is 326 g/mol. The van der Waals surface area contributed by atoms with E-state index in [9.17, 15) is 5.11 Å². The lowest BCUT2D eigenvalue weighted by Gasteiger charge is -2.21. The third-order valence-corrected chi connectivity index (χ3v) is 3.73. The fraction of sp³-hybridized carbons (Fsp3) is 0.300. The average Bonchev–Trinajstić information content (AvgIpc) is 2.59. The Morgan fingerprint density at radius 3 is 2.67 bits per heavy atom. The molecule has 2 aromatic carbocycles. The lowest BCUT2D eigenvalue weighted by molar-refractivity contribution is 0.0363. The molecule has 0 saturated carbocycles. The molecular weight excluding hydrogens is 304 g/mol. The van der Waals surface area contributed by atoms with E-state index in [0.29, 0.717) is 24.5 Å². The van der Waals surface area contributed by atoms with Crippen LogP contribution in [0.2, 0.25) is 0 Å². The standard InChI is InChI=1S/C20H22O4/c1-14(2)23-20(21)18-11-9-16-8-10-17(12-19(16)24-18)22-13-15-6-4-3-5-7-15/h3-8,10,12,14,21H,9,11,13H2,1-2H3/b20-18+. The Labute approximate surface area is 142 Å². The van der Waals surface area contributed by atoms with Crippen molar-refractivity contribution in [2.75, 3.05) is 0 Å². The van der Waals surface area contributed by atoms with Crippen LogP contribution in [0.3, 0.4) is 0 Å². The molecule has 0 aromatic heterocycles. The quantitative estimate of drug-likeness (QED) is 0.806. The second kappa shape index (κ2) is 7.30. The molecule has 3 rings (SSSR count). The number of fused-ring (bicyclic) bond motifs is 1. The van der Waals surface area contributed by atoms with Gasteiger partial charge in [0.2, 0.25) is 0 Å². The summed E-state index contributed by atoms with van der Waals surface area (Å²) in [5.41, 5.74) is 2.21. The summed E-state index contributed by atoms with van der Waals surface area (Å²) < 4.78 is 17.0. The van der Waals surface area contributed by atoms with Crippen molar-refractivity contribution in [3.8, 4) is 11.5 Å². The van der Waals surface area contributed by atoms with E-state index >= 15 is 0 Å². The van der Waals surface area contributed by atoms with Crippen molar-refractivity contribution in [3.05, 3.63) is 71.4 Å². The fourth-order valence-electron chi connectivity index (χ4n) is 2.54. The van der Waals surface area contributed by atoms with Crippen LogP contribution in [0, 0.1) is 0 Å². The van der Waals surface area contributed by atoms with Crippen LogP contribution in [0.15, 0.2) is 60.2 Å². The van der Waals surface area contributed by atoms with Crippen LogP contribution in [0.5, 0.6) is 11.5 Å². The molecule has 1 aliphatic heterocycles. The summed E-state index contributed by atoms with van der Waals surface area (Å²) in [6.07, 6.45) is 1.33. The lowest BCUT2D eigenvalue weighted by atomic mass is 10.0. The number of aliphatic hydroxyl groups excluding tert-OH is 1. The van der Waals surface area contributed by atoms with Crippen molar-refractivity contribution >= 4 is 0 Å². The van der Waals surface area contributed by atoms with Crippen molar-refractivity contribution in [3.63, 3.8) is 0 Å². The lowest BCUT2D eigenvalue weighted by Crippen LogP contribution is -2.13. The number of allylic oxidation sites excluding steroid dienone is 1. The van der Waals surface area contributed by atoms with Crippen molar-refractivity contribution in [1.82, 2.24) is 0 Å². The van der Waals surface area contributed by atoms with Crippen LogP contribution >= 0.6 is 0 Å². The van der Waals surface area contributed by atoms with Crippen LogP contribution in [0.1, 0.15) is 31.4 Å². The maximum absolute atomic E-state index is 9.99. The molecule has 4 heteroatoms. The SMILES string of the molecule is CC(C)O/C(O)=C1\CCc2ccc(OCc3ccccc3)cc2O1. The van der Waals surface area contributed by atoms with Gasteiger partial charge in [-0.2, -0.15) is 0 Å². The Kier molecular flexibility index (Phi) is 4.94. The molecule has 2 aromatic rings. The molecule has 0 spiro atoms. The highest BCUT2D eigenvalue weighted by atomic mass is 16.6. The number of hydrogen-bond donors (Lipinski definition) is 1. The molecule has 0 radical (unpaired) electrons. The van der Waals surface area contributed by atoms with Gasteiger partial charge in [0, 0.05) is 12.5 Å². The summed E-state index contributed by atoms with van der Waals surface area (Å²) in [6, 6.07) is 15.8. The minimum absolute atomic E-state index is 0.0944. The van der Waals surface area contributed by atoms with Crippen molar-refractivity contribution in [2.24, 2.45) is 0 Å². The highest BCUT2D eigenvalue weighted by Gasteiger charge is 2.20. The Hall–Kier alpha value is -2.62. The van der Waals surface area contributed by atoms with Crippen LogP contribution in [-0.4, -0.2) is 11.2 Å². The second-order valence-electron chi connectivity index (χ2n) is 6.04. The Morgan fingerprint density at radius 2 is 1.92 bits per heavy atom. The van der Waals surface area contributed by atoms with Gasteiger partial charge in [0.05, 0.1) is 6.10 Å². The van der Waals surface area contributed by atoms with Crippen LogP contribution in [0.4, 0.5) is 0 Å². The summed E-state index contributed by atoms with van der Waals surface area (Å²) >= 11 is 0. The first-order chi connectivity index (χ1) is 11.6. The van der Waals surface area contributed by atoms with Gasteiger partial charge >= 0.3 is 5.95 Å². The summed E-state index contributed by atoms with van der Waals surface area (Å²) in [6.45, 7) is 4.23. The first-order valence-corrected chi connectivity index (χ1v) is 8.18. The molecule has 0 amide bonds. The van der Waals surface area contributed by atoms with Gasteiger partial charge in [-0.25, -0.2) is 0 Å². The average molecular weight is 326 g/mol. The van der Waals surface area contributed by atoms with Gasteiger partial charge in [-0.3, -0.25) is 0 Å². The minimum atomic E-state index is -0.133. The molecular formula is C20H22O4. The van der Waals surface area contributed by atoms with Crippen LogP contribution in [-0.2, 0) is 17.8 Å². The van der Waals surface area contributed by atoms with Crippen molar-refractivity contribution in [2.45, 2.75) is 39.4 Å². The molecule has 0 aliphatic carbocycles. The third kappa shape index (κ3) is 4.02. The zero-order valence-electron chi connectivity index (χ0n) is 14.0. The van der Waals surface area contributed by atoms with Gasteiger partial charge in [0.25, 0.3) is 0 Å². The maximum atomic E-state index is 9.99. The van der Waals surface area contributed by atoms with E-state index in [2.05, 4.69) is 0 Å².